The summed E-state index contributed by atoms with van der Waals surface area (Å²) in [5, 5.41) is 2.58. The van der Waals surface area contributed by atoms with Gasteiger partial charge in [0.05, 0.1) is 9.92 Å². The summed E-state index contributed by atoms with van der Waals surface area (Å²) in [4.78, 5) is 12.6. The van der Waals surface area contributed by atoms with Gasteiger partial charge in [0.1, 0.15) is 4.90 Å². The van der Waals surface area contributed by atoms with E-state index in [4.69, 9.17) is 11.6 Å². The second-order valence-electron chi connectivity index (χ2n) is 8.21. The molecule has 3 N–H and O–H groups in total. The molecule has 0 fully saturated rings. The van der Waals surface area contributed by atoms with Crippen LogP contribution in [0.15, 0.2) is 105 Å². The van der Waals surface area contributed by atoms with Crippen molar-refractivity contribution >= 4 is 70.5 Å². The normalized spacial score (nSPS) is 11.6. The van der Waals surface area contributed by atoms with E-state index < -0.39 is 26.0 Å². The zero-order chi connectivity index (χ0) is 27.5. The van der Waals surface area contributed by atoms with E-state index in [1.54, 1.807) is 48.5 Å². The van der Waals surface area contributed by atoms with Gasteiger partial charge in [-0.15, -0.1) is 0 Å². The van der Waals surface area contributed by atoms with Gasteiger partial charge in [-0.3, -0.25) is 14.2 Å². The summed E-state index contributed by atoms with van der Waals surface area (Å²) >= 11 is 9.44. The number of aryl methyl sites for hydroxylation is 1. The molecule has 0 aliphatic carbocycles. The summed E-state index contributed by atoms with van der Waals surface area (Å²) in [6.07, 6.45) is 0. The largest absolute Gasteiger partial charge is 0.322 e. The Balaban J connectivity index is 1.49. The molecule has 4 aromatic carbocycles. The molecule has 4 aromatic rings. The fourth-order valence-electron chi connectivity index (χ4n) is 3.33. The number of rotatable bonds is 8. The molecule has 38 heavy (non-hydrogen) atoms. The molecule has 196 valence electrons. The molecule has 0 aliphatic rings. The van der Waals surface area contributed by atoms with Gasteiger partial charge in [-0.2, -0.15) is 0 Å². The van der Waals surface area contributed by atoms with E-state index in [9.17, 15) is 21.6 Å². The summed E-state index contributed by atoms with van der Waals surface area (Å²) in [7, 11) is -7.92. The molecule has 0 bridgehead atoms. The van der Waals surface area contributed by atoms with E-state index in [2.05, 4.69) is 30.7 Å². The van der Waals surface area contributed by atoms with Crippen LogP contribution in [0, 0.1) is 6.92 Å². The van der Waals surface area contributed by atoms with Crippen LogP contribution in [0.2, 0.25) is 5.02 Å². The van der Waals surface area contributed by atoms with Crippen molar-refractivity contribution in [3.05, 3.63) is 112 Å². The lowest BCUT2D eigenvalue weighted by Gasteiger charge is -2.12. The van der Waals surface area contributed by atoms with Crippen LogP contribution in [-0.4, -0.2) is 22.7 Å². The van der Waals surface area contributed by atoms with Gasteiger partial charge in [0.25, 0.3) is 26.0 Å². The minimum Gasteiger partial charge on any atom is -0.322 e. The van der Waals surface area contributed by atoms with Gasteiger partial charge in [-0.25, -0.2) is 16.8 Å². The standard InChI is InChI=1S/C26H21BrClN3O5S2/c1-17-2-7-21(8-3-17)31-38(35,36)25-16-18(4-15-24(25)28)26(32)29-20-11-13-23(14-12-20)37(33,34)30-22-9-5-19(27)6-10-22/h2-16,30-31H,1H3,(H,29,32). The van der Waals surface area contributed by atoms with Crippen molar-refractivity contribution in [2.24, 2.45) is 0 Å². The number of carbonyl (C=O) groups excluding carboxylic acids is 1. The molecule has 0 saturated carbocycles. The highest BCUT2D eigenvalue weighted by Gasteiger charge is 2.21. The molecule has 1 amide bonds. The zero-order valence-corrected chi connectivity index (χ0v) is 23.7. The lowest BCUT2D eigenvalue weighted by Crippen LogP contribution is -2.16. The van der Waals surface area contributed by atoms with Gasteiger partial charge in [-0.1, -0.05) is 45.2 Å². The SMILES string of the molecule is Cc1ccc(NS(=O)(=O)c2cc(C(=O)Nc3ccc(S(=O)(=O)Nc4ccc(Br)cc4)cc3)ccc2Cl)cc1. The van der Waals surface area contributed by atoms with Crippen molar-refractivity contribution < 1.29 is 21.6 Å². The molecule has 0 unspecified atom stereocenters. The molecule has 0 heterocycles. The van der Waals surface area contributed by atoms with E-state index >= 15 is 0 Å². The van der Waals surface area contributed by atoms with Gasteiger partial charge >= 0.3 is 0 Å². The van der Waals surface area contributed by atoms with E-state index in [0.717, 1.165) is 10.0 Å². The van der Waals surface area contributed by atoms with Gasteiger partial charge in [0, 0.05) is 27.1 Å². The first kappa shape index (κ1) is 27.6. The molecular formula is C26H21BrClN3O5S2. The molecule has 12 heteroatoms. The minimum atomic E-state index is -4.07. The van der Waals surface area contributed by atoms with Gasteiger partial charge in [0.2, 0.25) is 0 Å². The number of anilines is 3. The molecule has 0 spiro atoms. The lowest BCUT2D eigenvalue weighted by atomic mass is 10.2. The van der Waals surface area contributed by atoms with Crippen LogP contribution >= 0.6 is 27.5 Å². The number of hydrogen-bond donors (Lipinski definition) is 3. The van der Waals surface area contributed by atoms with E-state index in [0.29, 0.717) is 17.1 Å². The Hall–Kier alpha value is -3.38. The van der Waals surface area contributed by atoms with Gasteiger partial charge in [-0.05, 0) is 85.8 Å². The Morgan fingerprint density at radius 3 is 1.84 bits per heavy atom. The van der Waals surface area contributed by atoms with Crippen LogP contribution in [-0.2, 0) is 20.0 Å². The Bertz CT molecular complexity index is 1690. The van der Waals surface area contributed by atoms with Crippen molar-refractivity contribution in [1.29, 1.82) is 0 Å². The number of benzene rings is 4. The maximum absolute atomic E-state index is 12.9. The van der Waals surface area contributed by atoms with E-state index in [-0.39, 0.29) is 20.4 Å². The Labute approximate surface area is 234 Å². The van der Waals surface area contributed by atoms with E-state index in [1.807, 2.05) is 6.92 Å². The van der Waals surface area contributed by atoms with Crippen molar-refractivity contribution in [1.82, 2.24) is 0 Å². The third kappa shape index (κ3) is 6.73. The first-order valence-corrected chi connectivity index (χ1v) is 15.2. The molecule has 0 aromatic heterocycles. The lowest BCUT2D eigenvalue weighted by molar-refractivity contribution is 0.102. The maximum atomic E-state index is 12.9. The van der Waals surface area contributed by atoms with Crippen LogP contribution in [0.5, 0.6) is 0 Å². The molecule has 0 aliphatic heterocycles. The summed E-state index contributed by atoms with van der Waals surface area (Å²) in [5.41, 5.74) is 2.08. The summed E-state index contributed by atoms with van der Waals surface area (Å²) < 4.78 is 56.9. The molecule has 4 rings (SSSR count). The van der Waals surface area contributed by atoms with Crippen molar-refractivity contribution in [3.63, 3.8) is 0 Å². The number of halogens is 2. The van der Waals surface area contributed by atoms with Gasteiger partial charge in [0.15, 0.2) is 0 Å². The Morgan fingerprint density at radius 2 is 1.24 bits per heavy atom. The number of hydrogen-bond acceptors (Lipinski definition) is 5. The fraction of sp³-hybridized carbons (Fsp3) is 0.0385. The predicted octanol–water partition coefficient (Wildman–Crippen LogP) is 6.26. The Morgan fingerprint density at radius 1 is 0.711 bits per heavy atom. The fourth-order valence-corrected chi connectivity index (χ4v) is 6.24. The second-order valence-corrected chi connectivity index (χ2v) is 12.9. The third-order valence-corrected chi connectivity index (χ3v) is 9.09. The first-order chi connectivity index (χ1) is 17.9. The molecule has 0 atom stereocenters. The third-order valence-electron chi connectivity index (χ3n) is 5.31. The summed E-state index contributed by atoms with van der Waals surface area (Å²) in [6, 6.07) is 22.9. The first-order valence-electron chi connectivity index (χ1n) is 11.0. The Kier molecular flexibility index (Phi) is 8.12. The van der Waals surface area contributed by atoms with Crippen molar-refractivity contribution in [2.45, 2.75) is 16.7 Å². The summed E-state index contributed by atoms with van der Waals surface area (Å²) in [5.74, 6) is -0.600. The van der Waals surface area contributed by atoms with Crippen molar-refractivity contribution in [2.75, 3.05) is 14.8 Å². The van der Waals surface area contributed by atoms with Gasteiger partial charge < -0.3 is 5.32 Å². The predicted molar refractivity (Wildman–Crippen MR) is 153 cm³/mol. The molecular weight excluding hydrogens is 614 g/mol. The van der Waals surface area contributed by atoms with Crippen LogP contribution in [0.25, 0.3) is 0 Å². The van der Waals surface area contributed by atoms with E-state index in [1.165, 1.54) is 42.5 Å². The smallest absolute Gasteiger partial charge is 0.263 e. The van der Waals surface area contributed by atoms with Crippen LogP contribution in [0.1, 0.15) is 15.9 Å². The topological polar surface area (TPSA) is 121 Å². The number of sulfonamides is 2. The van der Waals surface area contributed by atoms with Crippen LogP contribution < -0.4 is 14.8 Å². The molecule has 0 saturated heterocycles. The highest BCUT2D eigenvalue weighted by molar-refractivity contribution is 9.10. The number of carbonyl (C=O) groups is 1. The van der Waals surface area contributed by atoms with Crippen molar-refractivity contribution in [3.8, 4) is 0 Å². The quantitative estimate of drug-likeness (QED) is 0.211. The van der Waals surface area contributed by atoms with Crippen LogP contribution in [0.4, 0.5) is 17.1 Å². The zero-order valence-electron chi connectivity index (χ0n) is 19.8. The molecule has 8 nitrogen and oxygen atoms in total. The number of nitrogens with one attached hydrogen (secondary N) is 3. The average Bonchev–Trinajstić information content (AvgIpc) is 2.87. The highest BCUT2D eigenvalue weighted by Crippen LogP contribution is 2.26. The molecule has 0 radical (unpaired) electrons. The highest BCUT2D eigenvalue weighted by atomic mass is 79.9. The summed E-state index contributed by atoms with van der Waals surface area (Å²) in [6.45, 7) is 1.88. The maximum Gasteiger partial charge on any atom is 0.263 e. The van der Waals surface area contributed by atoms with Crippen LogP contribution in [0.3, 0.4) is 0 Å². The monoisotopic (exact) mass is 633 g/mol. The second kappa shape index (κ2) is 11.2. The average molecular weight is 635 g/mol. The number of amides is 1. The minimum absolute atomic E-state index is 0.000436.